The van der Waals surface area contributed by atoms with Crippen LogP contribution in [0.4, 0.5) is 5.69 Å². The van der Waals surface area contributed by atoms with E-state index in [1.807, 2.05) is 4.90 Å². The first-order valence-electron chi connectivity index (χ1n) is 9.14. The molecule has 1 amide bonds. The number of fused-ring (bicyclic) bond motifs is 1. The maximum absolute atomic E-state index is 12.6. The summed E-state index contributed by atoms with van der Waals surface area (Å²) in [4.78, 5) is 38.5. The molecular weight excluding hydrogens is 352 g/mol. The standard InChI is InChI=1S/C19H24N2O6/c1-3-25-19(24)15-6-4-5-7-21(15)10-18(23)20-14-9-17-16(26-11-27-17)8-13(14)12(2)22/h8-9,15H,3-7,10-11H2,1-2H3,(H,20,23)/t15-/m1/s1. The fourth-order valence-corrected chi connectivity index (χ4v) is 3.40. The van der Waals surface area contributed by atoms with E-state index in [9.17, 15) is 14.4 Å². The molecule has 3 rings (SSSR count). The number of carbonyl (C=O) groups excluding carboxylic acids is 3. The van der Waals surface area contributed by atoms with Crippen LogP contribution in [0.3, 0.4) is 0 Å². The number of likely N-dealkylation sites (tertiary alicyclic amines) is 1. The van der Waals surface area contributed by atoms with Gasteiger partial charge in [-0.05, 0) is 39.3 Å². The molecule has 0 unspecified atom stereocenters. The molecule has 1 aromatic carbocycles. The van der Waals surface area contributed by atoms with Crippen LogP contribution in [-0.4, -0.2) is 55.1 Å². The van der Waals surface area contributed by atoms with Crippen molar-refractivity contribution in [1.82, 2.24) is 4.90 Å². The van der Waals surface area contributed by atoms with Crippen molar-refractivity contribution in [3.05, 3.63) is 17.7 Å². The lowest BCUT2D eigenvalue weighted by Crippen LogP contribution is -2.48. The highest BCUT2D eigenvalue weighted by Crippen LogP contribution is 2.37. The van der Waals surface area contributed by atoms with E-state index >= 15 is 0 Å². The van der Waals surface area contributed by atoms with Gasteiger partial charge in [0.05, 0.1) is 18.8 Å². The normalized spacial score (nSPS) is 18.8. The number of piperidine rings is 1. The van der Waals surface area contributed by atoms with Gasteiger partial charge in [-0.2, -0.15) is 0 Å². The lowest BCUT2D eigenvalue weighted by molar-refractivity contribution is -0.151. The molecule has 0 saturated carbocycles. The summed E-state index contributed by atoms with van der Waals surface area (Å²) in [7, 11) is 0. The predicted octanol–water partition coefficient (Wildman–Crippen LogP) is 1.97. The van der Waals surface area contributed by atoms with Crippen LogP contribution < -0.4 is 14.8 Å². The average Bonchev–Trinajstić information content (AvgIpc) is 3.08. The van der Waals surface area contributed by atoms with Crippen LogP contribution in [0.5, 0.6) is 11.5 Å². The van der Waals surface area contributed by atoms with Crippen LogP contribution in [0.15, 0.2) is 12.1 Å². The van der Waals surface area contributed by atoms with Gasteiger partial charge in [0.2, 0.25) is 12.7 Å². The van der Waals surface area contributed by atoms with Gasteiger partial charge in [0.25, 0.3) is 0 Å². The van der Waals surface area contributed by atoms with E-state index in [2.05, 4.69) is 5.32 Å². The molecule has 1 saturated heterocycles. The van der Waals surface area contributed by atoms with Gasteiger partial charge >= 0.3 is 5.97 Å². The summed E-state index contributed by atoms with van der Waals surface area (Å²) in [6.07, 6.45) is 2.53. The van der Waals surface area contributed by atoms with Gasteiger partial charge < -0.3 is 19.5 Å². The number of amides is 1. The topological polar surface area (TPSA) is 94.2 Å². The predicted molar refractivity (Wildman–Crippen MR) is 97.0 cm³/mol. The Labute approximate surface area is 157 Å². The van der Waals surface area contributed by atoms with Crippen molar-refractivity contribution in [2.75, 3.05) is 31.8 Å². The van der Waals surface area contributed by atoms with E-state index < -0.39 is 6.04 Å². The first-order valence-corrected chi connectivity index (χ1v) is 9.14. The Morgan fingerprint density at radius 3 is 2.67 bits per heavy atom. The lowest BCUT2D eigenvalue weighted by Gasteiger charge is -2.33. The van der Waals surface area contributed by atoms with Crippen LogP contribution in [0, 0.1) is 0 Å². The van der Waals surface area contributed by atoms with Crippen LogP contribution >= 0.6 is 0 Å². The second-order valence-electron chi connectivity index (χ2n) is 6.59. The van der Waals surface area contributed by atoms with Crippen LogP contribution in [0.2, 0.25) is 0 Å². The van der Waals surface area contributed by atoms with Gasteiger partial charge in [-0.25, -0.2) is 0 Å². The summed E-state index contributed by atoms with van der Waals surface area (Å²) in [5, 5.41) is 2.77. The Bertz CT molecular complexity index is 748. The Balaban J connectivity index is 1.71. The largest absolute Gasteiger partial charge is 0.465 e. The molecule has 2 heterocycles. The second kappa shape index (κ2) is 8.39. The molecule has 27 heavy (non-hydrogen) atoms. The Morgan fingerprint density at radius 1 is 1.22 bits per heavy atom. The molecule has 1 atom stereocenters. The van der Waals surface area contributed by atoms with E-state index in [-0.39, 0.29) is 31.0 Å². The Morgan fingerprint density at radius 2 is 1.96 bits per heavy atom. The summed E-state index contributed by atoms with van der Waals surface area (Å²) in [5.41, 5.74) is 0.731. The first kappa shape index (κ1) is 19.2. The van der Waals surface area contributed by atoms with E-state index in [1.165, 1.54) is 6.92 Å². The number of rotatable bonds is 6. The number of carbonyl (C=O) groups is 3. The Hall–Kier alpha value is -2.61. The van der Waals surface area contributed by atoms with Gasteiger partial charge in [-0.15, -0.1) is 0 Å². The molecule has 0 aliphatic carbocycles. The highest BCUT2D eigenvalue weighted by Gasteiger charge is 2.31. The number of ether oxygens (including phenoxy) is 3. The van der Waals surface area contributed by atoms with Gasteiger partial charge in [-0.1, -0.05) is 6.42 Å². The average molecular weight is 376 g/mol. The van der Waals surface area contributed by atoms with Crippen molar-refractivity contribution in [2.45, 2.75) is 39.2 Å². The third-order valence-electron chi connectivity index (χ3n) is 4.69. The van der Waals surface area contributed by atoms with Crippen molar-refractivity contribution >= 4 is 23.3 Å². The molecule has 0 spiro atoms. The van der Waals surface area contributed by atoms with Crippen molar-refractivity contribution in [1.29, 1.82) is 0 Å². The van der Waals surface area contributed by atoms with Crippen molar-refractivity contribution < 1.29 is 28.6 Å². The zero-order valence-corrected chi connectivity index (χ0v) is 15.6. The number of Topliss-reactive ketones (excluding diaryl/α,β-unsaturated/α-hetero) is 1. The zero-order chi connectivity index (χ0) is 19.4. The molecule has 0 radical (unpaired) electrons. The fraction of sp³-hybridized carbons (Fsp3) is 0.526. The molecule has 1 aromatic rings. The molecule has 8 nitrogen and oxygen atoms in total. The molecule has 146 valence electrons. The number of hydrogen-bond donors (Lipinski definition) is 1. The number of esters is 1. The van der Waals surface area contributed by atoms with Crippen LogP contribution in [-0.2, 0) is 14.3 Å². The SMILES string of the molecule is CCOC(=O)[C@H]1CCCCN1CC(=O)Nc1cc2c(cc1C(C)=O)OCO2. The maximum Gasteiger partial charge on any atom is 0.323 e. The van der Waals surface area contributed by atoms with Gasteiger partial charge in [-0.3, -0.25) is 19.3 Å². The number of ketones is 1. The van der Waals surface area contributed by atoms with Gasteiger partial charge in [0, 0.05) is 11.6 Å². The van der Waals surface area contributed by atoms with Gasteiger partial charge in [0.15, 0.2) is 17.3 Å². The zero-order valence-electron chi connectivity index (χ0n) is 15.6. The fourth-order valence-electron chi connectivity index (χ4n) is 3.40. The lowest BCUT2D eigenvalue weighted by atomic mass is 10.0. The summed E-state index contributed by atoms with van der Waals surface area (Å²) in [5.74, 6) is 0.185. The maximum atomic E-state index is 12.6. The van der Waals surface area contributed by atoms with Crippen molar-refractivity contribution in [2.24, 2.45) is 0 Å². The summed E-state index contributed by atoms with van der Waals surface area (Å²) in [6, 6.07) is 2.76. The molecular formula is C19H24N2O6. The van der Waals surface area contributed by atoms with Crippen molar-refractivity contribution in [3.8, 4) is 11.5 Å². The first-order chi connectivity index (χ1) is 13.0. The Kier molecular flexibility index (Phi) is 5.95. The third-order valence-corrected chi connectivity index (χ3v) is 4.69. The van der Waals surface area contributed by atoms with Crippen LogP contribution in [0.25, 0.3) is 0 Å². The second-order valence-corrected chi connectivity index (χ2v) is 6.59. The molecule has 0 bridgehead atoms. The molecule has 1 fully saturated rings. The van der Waals surface area contributed by atoms with Crippen LogP contribution in [0.1, 0.15) is 43.5 Å². The minimum absolute atomic E-state index is 0.0509. The van der Waals surface area contributed by atoms with Gasteiger partial charge in [0.1, 0.15) is 6.04 Å². The molecule has 1 N–H and O–H groups in total. The third kappa shape index (κ3) is 4.39. The minimum atomic E-state index is -0.409. The van der Waals surface area contributed by atoms with Crippen molar-refractivity contribution in [3.63, 3.8) is 0 Å². The molecule has 8 heteroatoms. The number of anilines is 1. The summed E-state index contributed by atoms with van der Waals surface area (Å²) < 4.78 is 15.7. The minimum Gasteiger partial charge on any atom is -0.465 e. The number of benzene rings is 1. The molecule has 2 aliphatic heterocycles. The quantitative estimate of drug-likeness (QED) is 0.599. The summed E-state index contributed by atoms with van der Waals surface area (Å²) >= 11 is 0. The number of nitrogens with zero attached hydrogens (tertiary/aromatic N) is 1. The van der Waals surface area contributed by atoms with E-state index in [4.69, 9.17) is 14.2 Å². The monoisotopic (exact) mass is 376 g/mol. The summed E-state index contributed by atoms with van der Waals surface area (Å²) in [6.45, 7) is 4.29. The van der Waals surface area contributed by atoms with E-state index in [1.54, 1.807) is 19.1 Å². The number of nitrogens with one attached hydrogen (secondary N) is 1. The molecule has 2 aliphatic rings. The van der Waals surface area contributed by atoms with E-state index in [0.29, 0.717) is 42.3 Å². The smallest absolute Gasteiger partial charge is 0.323 e. The van der Waals surface area contributed by atoms with E-state index in [0.717, 1.165) is 12.8 Å². The number of hydrogen-bond acceptors (Lipinski definition) is 7. The molecule has 0 aromatic heterocycles. The highest BCUT2D eigenvalue weighted by molar-refractivity contribution is 6.05. The highest BCUT2D eigenvalue weighted by atomic mass is 16.7.